The van der Waals surface area contributed by atoms with Crippen molar-refractivity contribution in [3.05, 3.63) is 59.8 Å². The van der Waals surface area contributed by atoms with Gasteiger partial charge in [-0.15, -0.1) is 0 Å². The summed E-state index contributed by atoms with van der Waals surface area (Å²) in [4.78, 5) is 4.56. The van der Waals surface area contributed by atoms with Crippen LogP contribution in [0.3, 0.4) is 0 Å². The lowest BCUT2D eigenvalue weighted by Crippen LogP contribution is -1.94. The van der Waals surface area contributed by atoms with E-state index in [1.54, 1.807) is 6.07 Å². The summed E-state index contributed by atoms with van der Waals surface area (Å²) in [7, 11) is 0. The minimum Gasteiger partial charge on any atom is -0.252 e. The second-order valence-corrected chi connectivity index (χ2v) is 4.27. The van der Waals surface area contributed by atoms with E-state index in [0.29, 0.717) is 5.56 Å². The smallest absolute Gasteiger partial charge is 0.0998 e. The molecule has 2 nitrogen and oxygen atoms in total. The number of aromatic nitrogens is 1. The third-order valence-electron chi connectivity index (χ3n) is 2.87. The maximum atomic E-state index is 9.10. The Balaban J connectivity index is 2.57. The number of aryl methyl sites for hydroxylation is 1. The number of pyridine rings is 1. The first-order valence-electron chi connectivity index (χ1n) is 5.76. The molecule has 0 aliphatic heterocycles. The van der Waals surface area contributed by atoms with Crippen LogP contribution in [0.15, 0.2) is 43.0 Å². The molecule has 0 N–H and O–H groups in total. The van der Waals surface area contributed by atoms with Crippen LogP contribution >= 0.6 is 0 Å². The zero-order valence-electron chi connectivity index (χ0n) is 10.6. The Morgan fingerprint density at radius 2 is 1.94 bits per heavy atom. The van der Waals surface area contributed by atoms with Crippen LogP contribution in [0.4, 0.5) is 0 Å². The quantitative estimate of drug-likeness (QED) is 0.788. The first-order valence-corrected chi connectivity index (χ1v) is 5.76. The number of nitrogens with zero attached hydrogens (tertiary/aromatic N) is 2. The molecule has 1 aromatic carbocycles. The van der Waals surface area contributed by atoms with E-state index in [1.165, 1.54) is 0 Å². The van der Waals surface area contributed by atoms with Gasteiger partial charge in [0.2, 0.25) is 0 Å². The third kappa shape index (κ3) is 2.16. The first-order chi connectivity index (χ1) is 8.63. The normalized spacial score (nSPS) is 9.83. The number of benzene rings is 1. The van der Waals surface area contributed by atoms with Gasteiger partial charge in [0.15, 0.2) is 0 Å². The molecule has 2 rings (SSSR count). The van der Waals surface area contributed by atoms with Gasteiger partial charge in [-0.2, -0.15) is 5.26 Å². The average molecular weight is 234 g/mol. The van der Waals surface area contributed by atoms with Crippen molar-refractivity contribution >= 4 is 5.57 Å². The van der Waals surface area contributed by atoms with Gasteiger partial charge in [0.25, 0.3) is 0 Å². The summed E-state index contributed by atoms with van der Waals surface area (Å²) in [6.45, 7) is 7.86. The van der Waals surface area contributed by atoms with E-state index in [4.69, 9.17) is 5.26 Å². The maximum Gasteiger partial charge on any atom is 0.0998 e. The lowest BCUT2D eigenvalue weighted by Gasteiger charge is -2.08. The summed E-state index contributed by atoms with van der Waals surface area (Å²) in [5.41, 5.74) is 5.35. The first kappa shape index (κ1) is 12.1. The molecule has 0 fully saturated rings. The van der Waals surface area contributed by atoms with E-state index < -0.39 is 0 Å². The molecule has 18 heavy (non-hydrogen) atoms. The molecule has 0 bridgehead atoms. The van der Waals surface area contributed by atoms with E-state index in [0.717, 1.165) is 28.1 Å². The lowest BCUT2D eigenvalue weighted by molar-refractivity contribution is 1.18. The molecule has 0 saturated heterocycles. The molecule has 0 aliphatic carbocycles. The molecular weight excluding hydrogens is 220 g/mol. The summed E-state index contributed by atoms with van der Waals surface area (Å²) < 4.78 is 0. The molecule has 2 aromatic rings. The highest BCUT2D eigenvalue weighted by Crippen LogP contribution is 2.24. The zero-order valence-corrected chi connectivity index (χ0v) is 10.6. The second-order valence-electron chi connectivity index (χ2n) is 4.27. The topological polar surface area (TPSA) is 36.7 Å². The fourth-order valence-electron chi connectivity index (χ4n) is 1.97. The highest BCUT2D eigenvalue weighted by Gasteiger charge is 2.07. The van der Waals surface area contributed by atoms with Crippen molar-refractivity contribution in [2.45, 2.75) is 13.8 Å². The van der Waals surface area contributed by atoms with Crippen molar-refractivity contribution in [3.8, 4) is 17.3 Å². The molecule has 1 aromatic heterocycles. The number of hydrogen-bond donors (Lipinski definition) is 0. The maximum absolute atomic E-state index is 9.10. The molecule has 0 saturated carbocycles. The number of hydrogen-bond acceptors (Lipinski definition) is 2. The molecule has 0 unspecified atom stereocenters. The monoisotopic (exact) mass is 234 g/mol. The number of rotatable bonds is 2. The van der Waals surface area contributed by atoms with Gasteiger partial charge < -0.3 is 0 Å². The van der Waals surface area contributed by atoms with Gasteiger partial charge >= 0.3 is 0 Å². The van der Waals surface area contributed by atoms with Crippen LogP contribution in [0.25, 0.3) is 16.8 Å². The Morgan fingerprint density at radius 3 is 2.56 bits per heavy atom. The third-order valence-corrected chi connectivity index (χ3v) is 2.87. The van der Waals surface area contributed by atoms with Gasteiger partial charge in [-0.1, -0.05) is 30.8 Å². The Bertz CT molecular complexity index is 648. The highest BCUT2D eigenvalue weighted by atomic mass is 14.7. The van der Waals surface area contributed by atoms with Crippen molar-refractivity contribution in [1.29, 1.82) is 5.26 Å². The largest absolute Gasteiger partial charge is 0.252 e. The molecule has 1 heterocycles. The summed E-state index contributed by atoms with van der Waals surface area (Å²) in [6, 6.07) is 13.6. The van der Waals surface area contributed by atoms with E-state index >= 15 is 0 Å². The van der Waals surface area contributed by atoms with E-state index in [9.17, 15) is 0 Å². The van der Waals surface area contributed by atoms with E-state index in [1.807, 2.05) is 44.2 Å². The van der Waals surface area contributed by atoms with Gasteiger partial charge in [-0.05, 0) is 37.1 Å². The van der Waals surface area contributed by atoms with Gasteiger partial charge in [0.05, 0.1) is 17.3 Å². The number of allylic oxidation sites excluding steroid dienone is 1. The van der Waals surface area contributed by atoms with Crippen LogP contribution in [-0.4, -0.2) is 4.98 Å². The predicted molar refractivity (Wildman–Crippen MR) is 73.8 cm³/mol. The van der Waals surface area contributed by atoms with E-state index in [2.05, 4.69) is 17.6 Å². The average Bonchev–Trinajstić information content (AvgIpc) is 2.38. The Morgan fingerprint density at radius 1 is 1.22 bits per heavy atom. The van der Waals surface area contributed by atoms with Gasteiger partial charge in [-0.25, -0.2) is 0 Å². The lowest BCUT2D eigenvalue weighted by atomic mass is 10.0. The summed E-state index contributed by atoms with van der Waals surface area (Å²) >= 11 is 0. The summed E-state index contributed by atoms with van der Waals surface area (Å²) in [5, 5.41) is 9.10. The predicted octanol–water partition coefficient (Wildman–Crippen LogP) is 3.96. The van der Waals surface area contributed by atoms with Crippen molar-refractivity contribution in [1.82, 2.24) is 4.98 Å². The summed E-state index contributed by atoms with van der Waals surface area (Å²) in [6.07, 6.45) is 0. The minimum absolute atomic E-state index is 0.646. The van der Waals surface area contributed by atoms with Crippen LogP contribution in [0.1, 0.15) is 23.7 Å². The molecular formula is C16H14N2. The van der Waals surface area contributed by atoms with Crippen LogP contribution in [0.5, 0.6) is 0 Å². The Hall–Kier alpha value is -2.40. The molecule has 2 heteroatoms. The highest BCUT2D eigenvalue weighted by molar-refractivity contribution is 5.70. The van der Waals surface area contributed by atoms with Crippen molar-refractivity contribution < 1.29 is 0 Å². The zero-order chi connectivity index (χ0) is 13.1. The molecule has 0 aliphatic rings. The fourth-order valence-corrected chi connectivity index (χ4v) is 1.97. The van der Waals surface area contributed by atoms with Crippen LogP contribution in [-0.2, 0) is 0 Å². The SMILES string of the molecule is C=C(C)c1ccc(-c2ccccc2C#N)nc1C. The Labute approximate surface area is 107 Å². The van der Waals surface area contributed by atoms with Gasteiger partial charge in [0, 0.05) is 11.3 Å². The standard InChI is InChI=1S/C16H14N2/c1-11(2)14-8-9-16(18-12(14)3)15-7-5-4-6-13(15)10-17/h4-9H,1H2,2-3H3. The van der Waals surface area contributed by atoms with Crippen LogP contribution in [0, 0.1) is 18.3 Å². The molecule has 0 spiro atoms. The van der Waals surface area contributed by atoms with Crippen LogP contribution in [0.2, 0.25) is 0 Å². The van der Waals surface area contributed by atoms with Gasteiger partial charge in [-0.3, -0.25) is 4.98 Å². The van der Waals surface area contributed by atoms with E-state index in [-0.39, 0.29) is 0 Å². The molecule has 0 amide bonds. The fraction of sp³-hybridized carbons (Fsp3) is 0.125. The van der Waals surface area contributed by atoms with Crippen molar-refractivity contribution in [2.75, 3.05) is 0 Å². The van der Waals surface area contributed by atoms with Crippen molar-refractivity contribution in [2.24, 2.45) is 0 Å². The van der Waals surface area contributed by atoms with Gasteiger partial charge in [0.1, 0.15) is 0 Å². The molecule has 0 radical (unpaired) electrons. The van der Waals surface area contributed by atoms with Crippen molar-refractivity contribution in [3.63, 3.8) is 0 Å². The van der Waals surface area contributed by atoms with Crippen LogP contribution < -0.4 is 0 Å². The second kappa shape index (κ2) is 4.85. The molecule has 0 atom stereocenters. The Kier molecular flexibility index (Phi) is 3.25. The summed E-state index contributed by atoms with van der Waals surface area (Å²) in [5.74, 6) is 0. The number of nitriles is 1. The molecule has 88 valence electrons. The minimum atomic E-state index is 0.646.